The lowest BCUT2D eigenvalue weighted by Gasteiger charge is -2.17. The van der Waals surface area contributed by atoms with Crippen LogP contribution in [0.1, 0.15) is 23.1 Å². The summed E-state index contributed by atoms with van der Waals surface area (Å²) in [4.78, 5) is 2.03. The second-order valence-corrected chi connectivity index (χ2v) is 6.43. The number of nitrogens with zero attached hydrogens (tertiary/aromatic N) is 1. The lowest BCUT2D eigenvalue weighted by molar-refractivity contribution is 0.281. The predicted octanol–water partition coefficient (Wildman–Crippen LogP) is 3.66. The van der Waals surface area contributed by atoms with Gasteiger partial charge < -0.3 is 5.11 Å². The van der Waals surface area contributed by atoms with Crippen LogP contribution in [0.5, 0.6) is 0 Å². The van der Waals surface area contributed by atoms with E-state index in [1.165, 1.54) is 0 Å². The van der Waals surface area contributed by atoms with Crippen molar-refractivity contribution >= 4 is 0 Å². The van der Waals surface area contributed by atoms with Gasteiger partial charge in [-0.1, -0.05) is 24.3 Å². The van der Waals surface area contributed by atoms with E-state index >= 15 is 0 Å². The summed E-state index contributed by atoms with van der Waals surface area (Å²) < 4.78 is 40.3. The quantitative estimate of drug-likeness (QED) is 0.843. The average molecular weight is 335 g/mol. The first-order valence-corrected chi connectivity index (χ1v) is 8.09. The minimum atomic E-state index is -1.14. The highest BCUT2D eigenvalue weighted by atomic mass is 19.2. The van der Waals surface area contributed by atoms with Crippen molar-refractivity contribution in [3.63, 3.8) is 0 Å². The molecular formula is C19H20F3NO. The molecule has 128 valence electrons. The van der Waals surface area contributed by atoms with Gasteiger partial charge in [0.1, 0.15) is 5.82 Å². The zero-order valence-electron chi connectivity index (χ0n) is 13.3. The molecule has 0 bridgehead atoms. The Morgan fingerprint density at radius 1 is 1.08 bits per heavy atom. The third-order valence-corrected chi connectivity index (χ3v) is 4.53. The van der Waals surface area contributed by atoms with Crippen molar-refractivity contribution in [2.45, 2.75) is 26.0 Å². The van der Waals surface area contributed by atoms with Gasteiger partial charge in [0.2, 0.25) is 0 Å². The van der Waals surface area contributed by atoms with Gasteiger partial charge in [0.15, 0.2) is 11.6 Å². The molecule has 0 amide bonds. The Bertz CT molecular complexity index is 720. The summed E-state index contributed by atoms with van der Waals surface area (Å²) >= 11 is 0. The van der Waals surface area contributed by atoms with E-state index in [1.807, 2.05) is 29.2 Å². The molecular weight excluding hydrogens is 315 g/mol. The summed E-state index contributed by atoms with van der Waals surface area (Å²) in [6.07, 6.45) is 1.84. The Morgan fingerprint density at radius 3 is 2.67 bits per heavy atom. The Morgan fingerprint density at radius 2 is 1.88 bits per heavy atom. The molecule has 0 radical (unpaired) electrons. The molecule has 0 aliphatic carbocycles. The Hall–Kier alpha value is -1.85. The minimum absolute atomic E-state index is 0.0229. The van der Waals surface area contributed by atoms with E-state index in [0.29, 0.717) is 12.0 Å². The Balaban J connectivity index is 1.61. The number of likely N-dealkylation sites (tertiary alicyclic amines) is 1. The first kappa shape index (κ1) is 17.0. The maximum absolute atomic E-state index is 13.8. The Labute approximate surface area is 139 Å². The maximum atomic E-state index is 13.8. The molecule has 24 heavy (non-hydrogen) atoms. The first-order chi connectivity index (χ1) is 11.5. The summed E-state index contributed by atoms with van der Waals surface area (Å²) in [6.45, 7) is 1.78. The fourth-order valence-corrected chi connectivity index (χ4v) is 3.38. The van der Waals surface area contributed by atoms with Crippen molar-refractivity contribution in [1.29, 1.82) is 0 Å². The van der Waals surface area contributed by atoms with Crippen LogP contribution in [-0.4, -0.2) is 23.1 Å². The summed E-state index contributed by atoms with van der Waals surface area (Å²) in [7, 11) is 0. The van der Waals surface area contributed by atoms with Gasteiger partial charge in [0.25, 0.3) is 0 Å². The van der Waals surface area contributed by atoms with Gasteiger partial charge in [-0.25, -0.2) is 13.2 Å². The minimum Gasteiger partial charge on any atom is -0.392 e. The van der Waals surface area contributed by atoms with E-state index in [-0.39, 0.29) is 18.7 Å². The van der Waals surface area contributed by atoms with Crippen LogP contribution in [-0.2, 0) is 19.6 Å². The van der Waals surface area contributed by atoms with Crippen molar-refractivity contribution in [2.75, 3.05) is 13.1 Å². The Kier molecular flexibility index (Phi) is 5.21. The molecule has 1 saturated heterocycles. The summed E-state index contributed by atoms with van der Waals surface area (Å²) in [5, 5.41) is 9.19. The lowest BCUT2D eigenvalue weighted by Crippen LogP contribution is -2.21. The molecule has 0 saturated carbocycles. The predicted molar refractivity (Wildman–Crippen MR) is 85.8 cm³/mol. The van der Waals surface area contributed by atoms with Gasteiger partial charge in [-0.3, -0.25) is 4.90 Å². The second kappa shape index (κ2) is 7.36. The number of halogens is 3. The molecule has 2 aromatic carbocycles. The van der Waals surface area contributed by atoms with E-state index in [0.717, 1.165) is 43.1 Å². The van der Waals surface area contributed by atoms with Crippen LogP contribution < -0.4 is 0 Å². The first-order valence-electron chi connectivity index (χ1n) is 8.09. The molecule has 3 rings (SSSR count). The molecule has 0 spiro atoms. The van der Waals surface area contributed by atoms with E-state index in [2.05, 4.69) is 0 Å². The van der Waals surface area contributed by atoms with Crippen LogP contribution in [0.25, 0.3) is 0 Å². The molecule has 1 heterocycles. The fraction of sp³-hybridized carbons (Fsp3) is 0.368. The smallest absolute Gasteiger partial charge is 0.163 e. The van der Waals surface area contributed by atoms with Crippen molar-refractivity contribution in [3.8, 4) is 0 Å². The number of aliphatic hydroxyl groups excluding tert-OH is 1. The number of hydrogen-bond acceptors (Lipinski definition) is 2. The van der Waals surface area contributed by atoms with Gasteiger partial charge in [0, 0.05) is 24.7 Å². The molecule has 1 fully saturated rings. The third kappa shape index (κ3) is 3.97. The van der Waals surface area contributed by atoms with Gasteiger partial charge >= 0.3 is 0 Å². The highest BCUT2D eigenvalue weighted by molar-refractivity contribution is 5.24. The zero-order chi connectivity index (χ0) is 17.1. The number of rotatable bonds is 5. The van der Waals surface area contributed by atoms with Crippen LogP contribution in [0.2, 0.25) is 0 Å². The van der Waals surface area contributed by atoms with Gasteiger partial charge in [-0.2, -0.15) is 0 Å². The van der Waals surface area contributed by atoms with Crippen LogP contribution in [0.4, 0.5) is 13.2 Å². The molecule has 1 N–H and O–H groups in total. The van der Waals surface area contributed by atoms with Crippen LogP contribution in [0.3, 0.4) is 0 Å². The van der Waals surface area contributed by atoms with Gasteiger partial charge in [-0.15, -0.1) is 0 Å². The highest BCUT2D eigenvalue weighted by Gasteiger charge is 2.24. The van der Waals surface area contributed by atoms with Crippen LogP contribution in [0, 0.1) is 23.4 Å². The molecule has 2 aromatic rings. The van der Waals surface area contributed by atoms with Crippen LogP contribution >= 0.6 is 0 Å². The van der Waals surface area contributed by atoms with E-state index in [9.17, 15) is 18.3 Å². The number of aliphatic hydroxyl groups is 1. The van der Waals surface area contributed by atoms with Crippen LogP contribution in [0.15, 0.2) is 36.4 Å². The fourth-order valence-electron chi connectivity index (χ4n) is 3.38. The van der Waals surface area contributed by atoms with Crippen molar-refractivity contribution in [3.05, 3.63) is 70.5 Å². The molecule has 0 aromatic heterocycles. The largest absolute Gasteiger partial charge is 0.392 e. The highest BCUT2D eigenvalue weighted by Crippen LogP contribution is 2.24. The van der Waals surface area contributed by atoms with Crippen molar-refractivity contribution < 1.29 is 18.3 Å². The normalized spacial score (nSPS) is 18.2. The monoisotopic (exact) mass is 335 g/mol. The standard InChI is InChI=1S/C19H20F3NO/c20-17-8-16(19(22)18(21)9-17)11-23-5-4-14(10-23)6-13-2-1-3-15(7-13)12-24/h1-3,7-9,14,24H,4-6,10-12H2/t14-/m0/s1. The summed E-state index contributed by atoms with van der Waals surface area (Å²) in [5.41, 5.74) is 2.12. The number of hydrogen-bond donors (Lipinski definition) is 1. The molecule has 2 nitrogen and oxygen atoms in total. The van der Waals surface area contributed by atoms with E-state index in [1.54, 1.807) is 0 Å². The summed E-state index contributed by atoms with van der Waals surface area (Å²) in [6, 6.07) is 9.47. The average Bonchev–Trinajstić information content (AvgIpc) is 2.99. The van der Waals surface area contributed by atoms with Crippen molar-refractivity contribution in [2.24, 2.45) is 5.92 Å². The molecule has 5 heteroatoms. The second-order valence-electron chi connectivity index (χ2n) is 6.43. The van der Waals surface area contributed by atoms with Gasteiger partial charge in [-0.05, 0) is 42.5 Å². The van der Waals surface area contributed by atoms with Gasteiger partial charge in [0.05, 0.1) is 6.61 Å². The lowest BCUT2D eigenvalue weighted by atomic mass is 9.97. The summed E-state index contributed by atoms with van der Waals surface area (Å²) in [5.74, 6) is -2.43. The molecule has 0 unspecified atom stereocenters. The molecule has 1 atom stereocenters. The zero-order valence-corrected chi connectivity index (χ0v) is 13.3. The maximum Gasteiger partial charge on any atom is 0.163 e. The third-order valence-electron chi connectivity index (χ3n) is 4.53. The molecule has 1 aliphatic heterocycles. The molecule has 1 aliphatic rings. The number of benzene rings is 2. The topological polar surface area (TPSA) is 23.5 Å². The van der Waals surface area contributed by atoms with E-state index < -0.39 is 17.5 Å². The SMILES string of the molecule is OCc1cccc(C[C@@H]2CCN(Cc3cc(F)cc(F)c3F)C2)c1. The van der Waals surface area contributed by atoms with Crippen molar-refractivity contribution in [1.82, 2.24) is 4.90 Å². The van der Waals surface area contributed by atoms with E-state index in [4.69, 9.17) is 0 Å².